The summed E-state index contributed by atoms with van der Waals surface area (Å²) in [4.78, 5) is 0. The number of aliphatic hydroxyl groups excluding tert-OH is 3. The van der Waals surface area contributed by atoms with Crippen LogP contribution >= 0.6 is 0 Å². The molecule has 4 atom stereocenters. The van der Waals surface area contributed by atoms with Crippen molar-refractivity contribution in [2.45, 2.75) is 71.2 Å². The quantitative estimate of drug-likeness (QED) is 0.581. The molecule has 0 saturated heterocycles. The van der Waals surface area contributed by atoms with Crippen LogP contribution in [-0.2, 0) is 0 Å². The van der Waals surface area contributed by atoms with E-state index < -0.39 is 18.3 Å². The van der Waals surface area contributed by atoms with Crippen LogP contribution in [0.25, 0.3) is 0 Å². The minimum absolute atomic E-state index is 0.202. The summed E-state index contributed by atoms with van der Waals surface area (Å²) in [6.07, 6.45) is 1.73. The van der Waals surface area contributed by atoms with Crippen molar-refractivity contribution in [1.29, 1.82) is 0 Å². The predicted molar refractivity (Wildman–Crippen MR) is 61.6 cm³/mol. The highest BCUT2D eigenvalue weighted by Crippen LogP contribution is 2.21. The summed E-state index contributed by atoms with van der Waals surface area (Å²) < 4.78 is 0. The summed E-state index contributed by atoms with van der Waals surface area (Å²) in [7, 11) is 0. The molecule has 0 rings (SSSR count). The third-order valence-corrected chi connectivity index (χ3v) is 2.97. The molecular weight excluding hydrogens is 192 g/mol. The number of hydrogen-bond donors (Lipinski definition) is 3. The summed E-state index contributed by atoms with van der Waals surface area (Å²) in [5.41, 5.74) is 0. The van der Waals surface area contributed by atoms with E-state index >= 15 is 0 Å². The second-order valence-electron chi connectivity index (χ2n) is 4.27. The molecule has 0 radical (unpaired) electrons. The van der Waals surface area contributed by atoms with E-state index in [9.17, 15) is 15.3 Å². The van der Waals surface area contributed by atoms with Gasteiger partial charge in [0.15, 0.2) is 0 Å². The van der Waals surface area contributed by atoms with E-state index in [0.717, 1.165) is 12.8 Å². The molecule has 0 saturated carbocycles. The van der Waals surface area contributed by atoms with Crippen LogP contribution in [0.1, 0.15) is 52.9 Å². The fourth-order valence-corrected chi connectivity index (χ4v) is 2.00. The zero-order valence-corrected chi connectivity index (χ0v) is 10.2. The first-order valence-corrected chi connectivity index (χ1v) is 6.12. The molecule has 0 amide bonds. The van der Waals surface area contributed by atoms with Gasteiger partial charge in [0.25, 0.3) is 0 Å². The Balaban J connectivity index is 4.24. The molecule has 4 unspecified atom stereocenters. The van der Waals surface area contributed by atoms with Crippen LogP contribution in [-0.4, -0.2) is 33.6 Å². The maximum absolute atomic E-state index is 9.90. The molecule has 0 aliphatic heterocycles. The first kappa shape index (κ1) is 14.9. The molecule has 0 bridgehead atoms. The van der Waals surface area contributed by atoms with Gasteiger partial charge >= 0.3 is 0 Å². The molecule has 3 N–H and O–H groups in total. The van der Waals surface area contributed by atoms with E-state index in [2.05, 4.69) is 0 Å². The molecule has 0 aromatic heterocycles. The van der Waals surface area contributed by atoms with Crippen molar-refractivity contribution in [3.8, 4) is 0 Å². The van der Waals surface area contributed by atoms with E-state index in [0.29, 0.717) is 19.3 Å². The molecule has 0 fully saturated rings. The number of hydrogen-bond acceptors (Lipinski definition) is 3. The zero-order valence-electron chi connectivity index (χ0n) is 10.2. The van der Waals surface area contributed by atoms with Gasteiger partial charge in [0.05, 0.1) is 18.3 Å². The lowest BCUT2D eigenvalue weighted by atomic mass is 9.86. The van der Waals surface area contributed by atoms with E-state index in [-0.39, 0.29) is 5.92 Å². The maximum Gasteiger partial charge on any atom is 0.0851 e. The largest absolute Gasteiger partial charge is 0.393 e. The van der Waals surface area contributed by atoms with Crippen LogP contribution in [0.15, 0.2) is 0 Å². The Bertz CT molecular complexity index is 150. The predicted octanol–water partition coefficient (Wildman–Crippen LogP) is 1.70. The van der Waals surface area contributed by atoms with Crippen molar-refractivity contribution < 1.29 is 15.3 Å². The minimum atomic E-state index is -0.795. The van der Waals surface area contributed by atoms with E-state index in [4.69, 9.17) is 0 Å². The van der Waals surface area contributed by atoms with Gasteiger partial charge in [-0.1, -0.05) is 33.6 Å². The number of aliphatic hydroxyl groups is 3. The summed E-state index contributed by atoms with van der Waals surface area (Å²) in [5.74, 6) is -0.202. The lowest BCUT2D eigenvalue weighted by Crippen LogP contribution is -2.39. The summed E-state index contributed by atoms with van der Waals surface area (Å²) in [6, 6.07) is 0. The van der Waals surface area contributed by atoms with E-state index in [1.807, 2.05) is 20.8 Å². The fraction of sp³-hybridized carbons (Fsp3) is 1.00. The van der Waals surface area contributed by atoms with Gasteiger partial charge in [-0.25, -0.2) is 0 Å². The average Bonchev–Trinajstić information content (AvgIpc) is 2.19. The van der Waals surface area contributed by atoms with Crippen molar-refractivity contribution in [2.24, 2.45) is 5.92 Å². The highest BCUT2D eigenvalue weighted by molar-refractivity contribution is 4.80. The van der Waals surface area contributed by atoms with Gasteiger partial charge in [0, 0.05) is 5.92 Å². The van der Waals surface area contributed by atoms with Gasteiger partial charge in [-0.2, -0.15) is 0 Å². The lowest BCUT2D eigenvalue weighted by Gasteiger charge is -2.29. The molecule has 0 aromatic carbocycles. The van der Waals surface area contributed by atoms with E-state index in [1.165, 1.54) is 0 Å². The summed E-state index contributed by atoms with van der Waals surface area (Å²) in [5, 5.41) is 29.4. The van der Waals surface area contributed by atoms with Crippen LogP contribution in [0, 0.1) is 5.92 Å². The Kier molecular flexibility index (Phi) is 8.02. The summed E-state index contributed by atoms with van der Waals surface area (Å²) in [6.45, 7) is 5.91. The third-order valence-electron chi connectivity index (χ3n) is 2.97. The van der Waals surface area contributed by atoms with Gasteiger partial charge in [-0.3, -0.25) is 0 Å². The van der Waals surface area contributed by atoms with Crippen molar-refractivity contribution in [1.82, 2.24) is 0 Å². The molecule has 0 aliphatic rings. The molecule has 15 heavy (non-hydrogen) atoms. The van der Waals surface area contributed by atoms with Crippen molar-refractivity contribution in [2.75, 3.05) is 0 Å². The fourth-order valence-electron chi connectivity index (χ4n) is 2.00. The van der Waals surface area contributed by atoms with Gasteiger partial charge in [0.2, 0.25) is 0 Å². The van der Waals surface area contributed by atoms with Gasteiger partial charge < -0.3 is 15.3 Å². The molecular formula is C12H26O3. The highest BCUT2D eigenvalue weighted by Gasteiger charge is 2.29. The van der Waals surface area contributed by atoms with Crippen LogP contribution in [0.3, 0.4) is 0 Å². The Morgan fingerprint density at radius 2 is 1.27 bits per heavy atom. The highest BCUT2D eigenvalue weighted by atomic mass is 16.3. The monoisotopic (exact) mass is 218 g/mol. The summed E-state index contributed by atoms with van der Waals surface area (Å²) >= 11 is 0. The van der Waals surface area contributed by atoms with Crippen molar-refractivity contribution in [3.05, 3.63) is 0 Å². The Labute approximate surface area is 93.1 Å². The van der Waals surface area contributed by atoms with Gasteiger partial charge in [-0.05, 0) is 19.3 Å². The number of rotatable bonds is 8. The average molecular weight is 218 g/mol. The molecule has 3 nitrogen and oxygen atoms in total. The second kappa shape index (κ2) is 8.08. The normalized spacial score (nSPS) is 19.6. The van der Waals surface area contributed by atoms with Crippen LogP contribution < -0.4 is 0 Å². The first-order valence-electron chi connectivity index (χ1n) is 6.12. The topological polar surface area (TPSA) is 60.7 Å². The second-order valence-corrected chi connectivity index (χ2v) is 4.27. The molecule has 0 aromatic rings. The Hall–Kier alpha value is -0.120. The van der Waals surface area contributed by atoms with Crippen LogP contribution in [0.2, 0.25) is 0 Å². The van der Waals surface area contributed by atoms with Gasteiger partial charge in [0.1, 0.15) is 0 Å². The lowest BCUT2D eigenvalue weighted by molar-refractivity contribution is -0.0633. The molecule has 0 aliphatic carbocycles. The SMILES string of the molecule is CCCC(O)C(O)C(CC)C(O)CCC. The zero-order chi connectivity index (χ0) is 11.8. The Morgan fingerprint density at radius 3 is 1.67 bits per heavy atom. The van der Waals surface area contributed by atoms with Crippen LogP contribution in [0.5, 0.6) is 0 Å². The Morgan fingerprint density at radius 1 is 0.800 bits per heavy atom. The third kappa shape index (κ3) is 4.96. The molecule has 0 spiro atoms. The minimum Gasteiger partial charge on any atom is -0.393 e. The van der Waals surface area contributed by atoms with Crippen molar-refractivity contribution >= 4 is 0 Å². The standard InChI is InChI=1S/C12H26O3/c1-4-7-10(13)9(6-3)12(15)11(14)8-5-2/h9-15H,4-8H2,1-3H3. The molecule has 3 heteroatoms. The van der Waals surface area contributed by atoms with Gasteiger partial charge in [-0.15, -0.1) is 0 Å². The maximum atomic E-state index is 9.90. The first-order chi connectivity index (χ1) is 7.08. The molecule has 0 heterocycles. The van der Waals surface area contributed by atoms with Crippen molar-refractivity contribution in [3.63, 3.8) is 0 Å². The van der Waals surface area contributed by atoms with E-state index in [1.54, 1.807) is 0 Å². The van der Waals surface area contributed by atoms with Crippen LogP contribution in [0.4, 0.5) is 0 Å². The molecule has 92 valence electrons. The smallest absolute Gasteiger partial charge is 0.0851 e.